The fraction of sp³-hybridized carbons (Fsp3) is 0.250. The van der Waals surface area contributed by atoms with Crippen LogP contribution in [-0.4, -0.2) is 42.2 Å². The number of rotatable bonds is 5. The summed E-state index contributed by atoms with van der Waals surface area (Å²) in [6.07, 6.45) is 2.02. The quantitative estimate of drug-likeness (QED) is 0.756. The highest BCUT2D eigenvalue weighted by molar-refractivity contribution is 6.21. The first-order valence-electron chi connectivity index (χ1n) is 8.68. The van der Waals surface area contributed by atoms with Crippen molar-refractivity contribution in [1.29, 1.82) is 0 Å². The van der Waals surface area contributed by atoms with Crippen LogP contribution in [0.15, 0.2) is 48.5 Å². The van der Waals surface area contributed by atoms with E-state index >= 15 is 0 Å². The molecule has 2 amide bonds. The van der Waals surface area contributed by atoms with Crippen molar-refractivity contribution in [2.75, 3.05) is 13.2 Å². The molecule has 7 heteroatoms. The largest absolute Gasteiger partial charge is 0.491 e. The maximum Gasteiger partial charge on any atom is 0.364 e. The van der Waals surface area contributed by atoms with E-state index < -0.39 is 17.8 Å². The molecule has 2 aromatic rings. The fourth-order valence-electron chi connectivity index (χ4n) is 3.06. The molecule has 1 unspecified atom stereocenters. The lowest BCUT2D eigenvalue weighted by molar-refractivity contribution is -0.0584. The highest BCUT2D eigenvalue weighted by Crippen LogP contribution is 2.24. The molecule has 0 aliphatic carbocycles. The standard InChI is InChI=1S/C20H17NO6/c22-18-16-8-1-2-9-17(16)19(23)21(18)27-20(24)13-5-3-6-14(11-13)26-12-15-7-4-10-25-15/h1-3,5-6,8-9,11,15H,4,7,10,12H2. The summed E-state index contributed by atoms with van der Waals surface area (Å²) in [5.74, 6) is -1.64. The zero-order valence-corrected chi connectivity index (χ0v) is 14.4. The third kappa shape index (κ3) is 3.41. The second-order valence-corrected chi connectivity index (χ2v) is 6.30. The van der Waals surface area contributed by atoms with Gasteiger partial charge >= 0.3 is 5.97 Å². The van der Waals surface area contributed by atoms with E-state index in [1.807, 2.05) is 0 Å². The van der Waals surface area contributed by atoms with Crippen molar-refractivity contribution in [3.63, 3.8) is 0 Å². The van der Waals surface area contributed by atoms with E-state index in [-0.39, 0.29) is 22.8 Å². The number of carbonyl (C=O) groups excluding carboxylic acids is 3. The Bertz CT molecular complexity index is 868. The number of hydroxylamine groups is 2. The van der Waals surface area contributed by atoms with Crippen LogP contribution in [0.25, 0.3) is 0 Å². The molecule has 1 atom stereocenters. The molecule has 4 rings (SSSR count). The summed E-state index contributed by atoms with van der Waals surface area (Å²) >= 11 is 0. The lowest BCUT2D eigenvalue weighted by Gasteiger charge is -2.14. The molecule has 0 spiro atoms. The van der Waals surface area contributed by atoms with Crippen molar-refractivity contribution in [2.24, 2.45) is 0 Å². The average molecular weight is 367 g/mol. The molecule has 2 aliphatic heterocycles. The van der Waals surface area contributed by atoms with E-state index in [0.29, 0.717) is 17.4 Å². The predicted molar refractivity (Wildman–Crippen MR) is 93.3 cm³/mol. The topological polar surface area (TPSA) is 82.1 Å². The Morgan fingerprint density at radius 2 is 1.81 bits per heavy atom. The molecule has 0 saturated carbocycles. The zero-order valence-electron chi connectivity index (χ0n) is 14.4. The summed E-state index contributed by atoms with van der Waals surface area (Å²) in [5, 5.41) is 0.493. The second-order valence-electron chi connectivity index (χ2n) is 6.30. The van der Waals surface area contributed by atoms with Crippen LogP contribution in [0.4, 0.5) is 0 Å². The van der Waals surface area contributed by atoms with Gasteiger partial charge in [0.2, 0.25) is 0 Å². The van der Waals surface area contributed by atoms with Crippen molar-refractivity contribution in [3.8, 4) is 5.75 Å². The predicted octanol–water partition coefficient (Wildman–Crippen LogP) is 2.61. The van der Waals surface area contributed by atoms with Gasteiger partial charge in [0, 0.05) is 6.61 Å². The first-order valence-corrected chi connectivity index (χ1v) is 8.68. The molecule has 2 aliphatic rings. The molecule has 27 heavy (non-hydrogen) atoms. The van der Waals surface area contributed by atoms with Crippen LogP contribution >= 0.6 is 0 Å². The minimum atomic E-state index is -0.813. The van der Waals surface area contributed by atoms with Crippen molar-refractivity contribution in [2.45, 2.75) is 18.9 Å². The van der Waals surface area contributed by atoms with E-state index in [9.17, 15) is 14.4 Å². The van der Waals surface area contributed by atoms with Crippen molar-refractivity contribution in [3.05, 3.63) is 65.2 Å². The van der Waals surface area contributed by atoms with Gasteiger partial charge in [-0.3, -0.25) is 9.59 Å². The van der Waals surface area contributed by atoms with Gasteiger partial charge < -0.3 is 14.3 Å². The number of hydrogen-bond acceptors (Lipinski definition) is 6. The zero-order chi connectivity index (χ0) is 18.8. The van der Waals surface area contributed by atoms with Crippen molar-refractivity contribution >= 4 is 17.8 Å². The molecule has 2 aromatic carbocycles. The maximum absolute atomic E-state index is 12.4. The smallest absolute Gasteiger partial charge is 0.364 e. The molecular weight excluding hydrogens is 350 g/mol. The van der Waals surface area contributed by atoms with Crippen LogP contribution < -0.4 is 4.74 Å². The summed E-state index contributed by atoms with van der Waals surface area (Å²) in [7, 11) is 0. The highest BCUT2D eigenvalue weighted by Gasteiger charge is 2.38. The van der Waals surface area contributed by atoms with E-state index in [1.165, 1.54) is 24.3 Å². The first-order chi connectivity index (χ1) is 13.1. The Balaban J connectivity index is 1.43. The Kier molecular flexibility index (Phi) is 4.60. The van der Waals surface area contributed by atoms with E-state index in [0.717, 1.165) is 19.4 Å². The lowest BCUT2D eigenvalue weighted by Crippen LogP contribution is -2.32. The first kappa shape index (κ1) is 17.2. The van der Waals surface area contributed by atoms with E-state index in [4.69, 9.17) is 14.3 Å². The Morgan fingerprint density at radius 3 is 2.48 bits per heavy atom. The van der Waals surface area contributed by atoms with Crippen LogP contribution in [0.3, 0.4) is 0 Å². The number of amides is 2. The number of fused-ring (bicyclic) bond motifs is 1. The number of hydrogen-bond donors (Lipinski definition) is 0. The average Bonchev–Trinajstić information content (AvgIpc) is 3.30. The maximum atomic E-state index is 12.4. The molecular formula is C20H17NO6. The number of carbonyl (C=O) groups is 3. The molecule has 0 radical (unpaired) electrons. The van der Waals surface area contributed by atoms with Gasteiger partial charge in [-0.15, -0.1) is 0 Å². The normalized spacial score (nSPS) is 18.5. The van der Waals surface area contributed by atoms with Crippen LogP contribution in [0.5, 0.6) is 5.75 Å². The Labute approximate surface area is 155 Å². The number of ether oxygens (including phenoxy) is 2. The van der Waals surface area contributed by atoms with Gasteiger partial charge in [0.1, 0.15) is 12.4 Å². The van der Waals surface area contributed by atoms with Gasteiger partial charge in [-0.2, -0.15) is 0 Å². The van der Waals surface area contributed by atoms with Gasteiger partial charge in [0.25, 0.3) is 11.8 Å². The van der Waals surface area contributed by atoms with E-state index in [2.05, 4.69) is 0 Å². The molecule has 2 heterocycles. The third-order valence-electron chi connectivity index (χ3n) is 4.46. The summed E-state index contributed by atoms with van der Waals surface area (Å²) < 4.78 is 11.2. The van der Waals surface area contributed by atoms with Crippen LogP contribution in [0.1, 0.15) is 43.9 Å². The second kappa shape index (κ2) is 7.20. The molecule has 1 saturated heterocycles. The Hall–Kier alpha value is -3.19. The highest BCUT2D eigenvalue weighted by atomic mass is 16.7. The van der Waals surface area contributed by atoms with Crippen LogP contribution in [0.2, 0.25) is 0 Å². The van der Waals surface area contributed by atoms with Gasteiger partial charge in [0.15, 0.2) is 0 Å². The fourth-order valence-corrected chi connectivity index (χ4v) is 3.06. The van der Waals surface area contributed by atoms with Crippen LogP contribution in [0, 0.1) is 0 Å². The minimum Gasteiger partial charge on any atom is -0.491 e. The molecule has 7 nitrogen and oxygen atoms in total. The van der Waals surface area contributed by atoms with Gasteiger partial charge in [-0.05, 0) is 43.2 Å². The lowest BCUT2D eigenvalue weighted by atomic mass is 10.1. The molecule has 138 valence electrons. The molecule has 0 N–H and O–H groups in total. The monoisotopic (exact) mass is 367 g/mol. The van der Waals surface area contributed by atoms with Crippen LogP contribution in [-0.2, 0) is 9.57 Å². The summed E-state index contributed by atoms with van der Waals surface area (Å²) in [6.45, 7) is 1.14. The van der Waals surface area contributed by atoms with Crippen molar-refractivity contribution < 1.29 is 28.7 Å². The molecule has 1 fully saturated rings. The molecule has 0 bridgehead atoms. The number of nitrogens with zero attached hydrogens (tertiary/aromatic N) is 1. The SMILES string of the molecule is O=C(ON1C(=O)c2ccccc2C1=O)c1cccc(OCC2CCCO2)c1. The number of benzene rings is 2. The minimum absolute atomic E-state index is 0.0546. The van der Waals surface area contributed by atoms with Gasteiger partial charge in [-0.25, -0.2) is 4.79 Å². The van der Waals surface area contributed by atoms with Gasteiger partial charge in [-0.1, -0.05) is 23.3 Å². The van der Waals surface area contributed by atoms with Gasteiger partial charge in [0.05, 0.1) is 22.8 Å². The Morgan fingerprint density at radius 1 is 1.07 bits per heavy atom. The summed E-state index contributed by atoms with van der Waals surface area (Å²) in [6, 6.07) is 12.7. The van der Waals surface area contributed by atoms with Crippen molar-refractivity contribution in [1.82, 2.24) is 5.06 Å². The summed E-state index contributed by atoms with van der Waals surface area (Å²) in [4.78, 5) is 42.0. The summed E-state index contributed by atoms with van der Waals surface area (Å²) in [5.41, 5.74) is 0.601. The number of imide groups is 1. The van der Waals surface area contributed by atoms with E-state index in [1.54, 1.807) is 24.3 Å². The molecule has 0 aromatic heterocycles. The third-order valence-corrected chi connectivity index (χ3v) is 4.46.